The zero-order valence-electron chi connectivity index (χ0n) is 52.9. The lowest BCUT2D eigenvalue weighted by molar-refractivity contribution is -0.305. The summed E-state index contributed by atoms with van der Waals surface area (Å²) in [5.74, 6) is -1.20. The molecule has 0 aromatic carbocycles. The number of ether oxygens (including phenoxy) is 3. The van der Waals surface area contributed by atoms with Gasteiger partial charge in [-0.3, -0.25) is 9.59 Å². The predicted molar refractivity (Wildman–Crippen MR) is 343 cm³/mol. The number of aliphatic hydroxyl groups excluding tert-OH is 5. The van der Waals surface area contributed by atoms with E-state index in [0.717, 1.165) is 96.3 Å². The van der Waals surface area contributed by atoms with Crippen molar-refractivity contribution in [1.82, 2.24) is 5.32 Å². The Morgan fingerprint density at radius 3 is 1.28 bits per heavy atom. The number of esters is 1. The number of rotatable bonds is 58. The van der Waals surface area contributed by atoms with Crippen LogP contribution in [0.1, 0.15) is 303 Å². The lowest BCUT2D eigenvalue weighted by Crippen LogP contribution is -2.61. The number of hydrogen-bond donors (Lipinski definition) is 6. The normalized spacial score (nSPS) is 19.0. The standard InChI is InChI=1S/C71H127NO10/c1-4-7-10-13-16-19-22-25-27-29-30-31-32-33-34-35-36-37-39-41-44-47-50-53-56-59-66(76)82-69-68(78)67(77)65(60-73)81-71(69)80-61-62(63(74)57-54-51-48-45-42-24-21-18-15-12-9-6-3)72-70(79)64(75)58-55-52-49-46-43-40-38-28-26-23-20-17-14-11-8-5-2/h16-17,19-20,25-28,30-31,54,57,62-65,67-69,71,73-75,77-78H,4-15,18,21-24,29,32-53,55-56,58-61H2,1-3H3,(H,72,79)/b19-16-,20-17-,27-25-,28-26-,31-30-,57-54+. The van der Waals surface area contributed by atoms with Crippen molar-refractivity contribution in [2.75, 3.05) is 13.2 Å². The number of amides is 1. The topological polar surface area (TPSA) is 175 Å². The quantitative estimate of drug-likeness (QED) is 0.0195. The molecule has 1 aliphatic heterocycles. The van der Waals surface area contributed by atoms with Crippen molar-refractivity contribution in [1.29, 1.82) is 0 Å². The Kier molecular flexibility index (Phi) is 55.0. The highest BCUT2D eigenvalue weighted by Crippen LogP contribution is 2.26. The van der Waals surface area contributed by atoms with E-state index in [-0.39, 0.29) is 19.4 Å². The van der Waals surface area contributed by atoms with Crippen molar-refractivity contribution >= 4 is 11.9 Å². The van der Waals surface area contributed by atoms with E-state index in [2.05, 4.69) is 86.8 Å². The molecule has 1 amide bonds. The fourth-order valence-corrected chi connectivity index (χ4v) is 10.4. The molecular weight excluding hydrogens is 1030 g/mol. The van der Waals surface area contributed by atoms with Gasteiger partial charge in [0.1, 0.15) is 24.4 Å². The largest absolute Gasteiger partial charge is 0.454 e. The minimum atomic E-state index is -1.62. The van der Waals surface area contributed by atoms with E-state index in [4.69, 9.17) is 14.2 Å². The molecule has 0 aromatic heterocycles. The lowest BCUT2D eigenvalue weighted by Gasteiger charge is -2.41. The van der Waals surface area contributed by atoms with Crippen LogP contribution in [0.5, 0.6) is 0 Å². The van der Waals surface area contributed by atoms with Crippen LogP contribution in [0.4, 0.5) is 0 Å². The van der Waals surface area contributed by atoms with Crippen molar-refractivity contribution < 1.29 is 49.3 Å². The maximum absolute atomic E-state index is 13.4. The van der Waals surface area contributed by atoms with E-state index >= 15 is 0 Å². The Hall–Kier alpha value is -2.90. The number of aliphatic hydroxyl groups is 5. The number of carbonyl (C=O) groups is 2. The van der Waals surface area contributed by atoms with E-state index in [1.54, 1.807) is 6.08 Å². The summed E-state index contributed by atoms with van der Waals surface area (Å²) in [6.45, 7) is 5.75. The summed E-state index contributed by atoms with van der Waals surface area (Å²) in [7, 11) is 0. The van der Waals surface area contributed by atoms with Crippen LogP contribution in [-0.2, 0) is 23.8 Å². The van der Waals surface area contributed by atoms with Gasteiger partial charge in [0.2, 0.25) is 5.91 Å². The molecule has 0 radical (unpaired) electrons. The fourth-order valence-electron chi connectivity index (χ4n) is 10.4. The average Bonchev–Trinajstić information content (AvgIpc) is 3.56. The number of nitrogens with one attached hydrogen (secondary N) is 1. The van der Waals surface area contributed by atoms with Crippen LogP contribution in [0.15, 0.2) is 72.9 Å². The Morgan fingerprint density at radius 2 is 0.841 bits per heavy atom. The Morgan fingerprint density at radius 1 is 0.476 bits per heavy atom. The summed E-state index contributed by atoms with van der Waals surface area (Å²) in [6, 6.07) is -1.03. The summed E-state index contributed by atoms with van der Waals surface area (Å²) in [5, 5.41) is 57.1. The molecule has 1 saturated heterocycles. The van der Waals surface area contributed by atoms with Gasteiger partial charge in [0.25, 0.3) is 0 Å². The summed E-state index contributed by atoms with van der Waals surface area (Å²) < 4.78 is 17.7. The smallest absolute Gasteiger partial charge is 0.306 e. The van der Waals surface area contributed by atoms with Crippen LogP contribution >= 0.6 is 0 Å². The van der Waals surface area contributed by atoms with E-state index in [1.807, 2.05) is 6.08 Å². The van der Waals surface area contributed by atoms with Gasteiger partial charge in [-0.15, -0.1) is 0 Å². The third-order valence-electron chi connectivity index (χ3n) is 15.8. The molecule has 82 heavy (non-hydrogen) atoms. The minimum Gasteiger partial charge on any atom is -0.454 e. The first-order valence-corrected chi connectivity index (χ1v) is 34.2. The maximum atomic E-state index is 13.4. The first kappa shape index (κ1) is 77.1. The first-order chi connectivity index (χ1) is 40.2. The fraction of sp³-hybridized carbons (Fsp3) is 0.803. The monoisotopic (exact) mass is 1150 g/mol. The molecule has 0 saturated carbocycles. The van der Waals surface area contributed by atoms with E-state index in [1.165, 1.54) is 161 Å². The van der Waals surface area contributed by atoms with Crippen LogP contribution in [0.25, 0.3) is 0 Å². The molecule has 1 aliphatic rings. The molecule has 8 unspecified atom stereocenters. The molecule has 1 rings (SSSR count). The highest BCUT2D eigenvalue weighted by Gasteiger charge is 2.47. The van der Waals surface area contributed by atoms with E-state index < -0.39 is 67.4 Å². The molecule has 0 bridgehead atoms. The third kappa shape index (κ3) is 45.5. The van der Waals surface area contributed by atoms with Crippen LogP contribution in [-0.4, -0.2) is 99.6 Å². The van der Waals surface area contributed by atoms with Gasteiger partial charge in [-0.25, -0.2) is 0 Å². The zero-order valence-corrected chi connectivity index (χ0v) is 52.9. The second kappa shape index (κ2) is 58.5. The molecule has 0 spiro atoms. The molecule has 1 heterocycles. The second-order valence-corrected chi connectivity index (χ2v) is 23.6. The van der Waals surface area contributed by atoms with Crippen LogP contribution < -0.4 is 5.32 Å². The van der Waals surface area contributed by atoms with Crippen molar-refractivity contribution in [2.45, 2.75) is 352 Å². The van der Waals surface area contributed by atoms with Gasteiger partial charge in [0, 0.05) is 6.42 Å². The predicted octanol–water partition coefficient (Wildman–Crippen LogP) is 17.1. The number of unbranched alkanes of at least 4 members (excludes halogenated alkanes) is 34. The molecule has 0 aromatic rings. The summed E-state index contributed by atoms with van der Waals surface area (Å²) in [4.78, 5) is 26.6. The molecule has 476 valence electrons. The second-order valence-electron chi connectivity index (χ2n) is 23.6. The highest BCUT2D eigenvalue weighted by atomic mass is 16.7. The number of carbonyl (C=O) groups excluding carboxylic acids is 2. The van der Waals surface area contributed by atoms with E-state index in [9.17, 15) is 35.1 Å². The van der Waals surface area contributed by atoms with Gasteiger partial charge < -0.3 is 45.1 Å². The molecule has 1 fully saturated rings. The number of allylic oxidation sites excluding steroid dienone is 11. The Bertz CT molecular complexity index is 1610. The van der Waals surface area contributed by atoms with Crippen LogP contribution in [0.3, 0.4) is 0 Å². The summed E-state index contributed by atoms with van der Waals surface area (Å²) in [5.41, 5.74) is 0. The molecule has 11 heteroatoms. The molecular formula is C71H127NO10. The SMILES string of the molecule is CCCCC/C=C\C/C=C\C/C=C\CCCCCCCCCCCCCCC(=O)OC1C(OCC(NC(=O)C(O)CCCCCCCC/C=C\C/C=C\CCCCC)C(O)/C=C/CCCCCCCCCCCC)OC(CO)C(O)C1O. The van der Waals surface area contributed by atoms with Crippen LogP contribution in [0.2, 0.25) is 0 Å². The average molecular weight is 1150 g/mol. The highest BCUT2D eigenvalue weighted by molar-refractivity contribution is 5.80. The number of hydrogen-bond acceptors (Lipinski definition) is 10. The summed E-state index contributed by atoms with van der Waals surface area (Å²) in [6.07, 6.45) is 65.1. The Labute approximate surface area is 502 Å². The molecule has 0 aliphatic carbocycles. The van der Waals surface area contributed by atoms with Gasteiger partial charge in [-0.1, -0.05) is 273 Å². The van der Waals surface area contributed by atoms with Crippen molar-refractivity contribution in [2.24, 2.45) is 0 Å². The van der Waals surface area contributed by atoms with Crippen molar-refractivity contribution in [3.05, 3.63) is 72.9 Å². The van der Waals surface area contributed by atoms with Crippen LogP contribution in [0, 0.1) is 0 Å². The maximum Gasteiger partial charge on any atom is 0.306 e. The zero-order chi connectivity index (χ0) is 59.6. The minimum absolute atomic E-state index is 0.119. The third-order valence-corrected chi connectivity index (χ3v) is 15.8. The van der Waals surface area contributed by atoms with Gasteiger partial charge in [-0.2, -0.15) is 0 Å². The van der Waals surface area contributed by atoms with Gasteiger partial charge in [0.15, 0.2) is 12.4 Å². The van der Waals surface area contributed by atoms with Crippen molar-refractivity contribution in [3.63, 3.8) is 0 Å². The molecule has 6 N–H and O–H groups in total. The van der Waals surface area contributed by atoms with E-state index in [0.29, 0.717) is 12.8 Å². The van der Waals surface area contributed by atoms with Gasteiger partial charge in [0.05, 0.1) is 25.4 Å². The van der Waals surface area contributed by atoms with Crippen molar-refractivity contribution in [3.8, 4) is 0 Å². The van der Waals surface area contributed by atoms with Gasteiger partial charge in [-0.05, 0) is 96.3 Å². The Balaban J connectivity index is 2.59. The van der Waals surface area contributed by atoms with Gasteiger partial charge >= 0.3 is 5.97 Å². The summed E-state index contributed by atoms with van der Waals surface area (Å²) >= 11 is 0. The molecule has 8 atom stereocenters. The molecule has 11 nitrogen and oxygen atoms in total. The first-order valence-electron chi connectivity index (χ1n) is 34.2. The lowest BCUT2D eigenvalue weighted by atomic mass is 9.99.